The maximum atomic E-state index is 12.8. The fourth-order valence-electron chi connectivity index (χ4n) is 2.41. The van der Waals surface area contributed by atoms with E-state index in [2.05, 4.69) is 26.2 Å². The molecule has 0 radical (unpaired) electrons. The number of carbonyl (C=O) groups is 2. The van der Waals surface area contributed by atoms with Crippen LogP contribution in [0.4, 0.5) is 11.4 Å². The largest absolute Gasteiger partial charge is 0.497 e. The summed E-state index contributed by atoms with van der Waals surface area (Å²) in [5.41, 5.74) is 1.15. The quantitative estimate of drug-likeness (QED) is 0.458. The normalized spacial score (nSPS) is 17.5. The van der Waals surface area contributed by atoms with E-state index in [1.807, 2.05) is 0 Å². The highest BCUT2D eigenvalue weighted by Gasteiger charge is 2.38. The molecule has 2 aromatic rings. The van der Waals surface area contributed by atoms with Gasteiger partial charge in [0.15, 0.2) is 11.0 Å². The van der Waals surface area contributed by atoms with E-state index in [0.29, 0.717) is 17.1 Å². The molecule has 0 unspecified atom stereocenters. The standard InChI is InChI=1S/C18H14BrN3O3S/c1-25-14-4-2-3-12(9-14)20-10-15-16(23)21-18(26)22(17(15)24)13-7-5-11(19)6-8-13/h2-10,15H,1H3,(H,21,23,26)/t15-/m1/s1. The van der Waals surface area contributed by atoms with Crippen molar-refractivity contribution in [2.45, 2.75) is 0 Å². The molecule has 1 fully saturated rings. The van der Waals surface area contributed by atoms with Crippen molar-refractivity contribution < 1.29 is 14.3 Å². The Morgan fingerprint density at radius 1 is 1.23 bits per heavy atom. The molecule has 3 rings (SSSR count). The Balaban J connectivity index is 1.87. The number of nitrogens with zero attached hydrogens (tertiary/aromatic N) is 2. The zero-order valence-electron chi connectivity index (χ0n) is 13.7. The van der Waals surface area contributed by atoms with Crippen LogP contribution in [0.5, 0.6) is 5.75 Å². The second-order valence-electron chi connectivity index (χ2n) is 5.40. The molecule has 2 amide bonds. The molecular weight excluding hydrogens is 418 g/mol. The van der Waals surface area contributed by atoms with Crippen molar-refractivity contribution in [2.24, 2.45) is 10.9 Å². The average Bonchev–Trinajstić information content (AvgIpc) is 2.63. The van der Waals surface area contributed by atoms with Crippen LogP contribution < -0.4 is 15.0 Å². The number of rotatable bonds is 4. The summed E-state index contributed by atoms with van der Waals surface area (Å²) in [5, 5.41) is 2.60. The molecule has 0 saturated carbocycles. The molecule has 1 saturated heterocycles. The minimum atomic E-state index is -1.07. The van der Waals surface area contributed by atoms with E-state index < -0.39 is 17.7 Å². The van der Waals surface area contributed by atoms with Gasteiger partial charge in [0.05, 0.1) is 18.5 Å². The monoisotopic (exact) mass is 431 g/mol. The summed E-state index contributed by atoms with van der Waals surface area (Å²) in [6.07, 6.45) is 1.32. The molecule has 0 spiro atoms. The van der Waals surface area contributed by atoms with Gasteiger partial charge in [0, 0.05) is 16.8 Å². The molecule has 1 aliphatic rings. The van der Waals surface area contributed by atoms with Gasteiger partial charge in [-0.05, 0) is 48.6 Å². The van der Waals surface area contributed by atoms with E-state index in [9.17, 15) is 9.59 Å². The van der Waals surface area contributed by atoms with Crippen molar-refractivity contribution in [3.05, 3.63) is 53.0 Å². The van der Waals surface area contributed by atoms with Crippen molar-refractivity contribution in [3.8, 4) is 5.75 Å². The number of amides is 2. The van der Waals surface area contributed by atoms with Crippen LogP contribution >= 0.6 is 28.1 Å². The van der Waals surface area contributed by atoms with Gasteiger partial charge in [0.2, 0.25) is 5.91 Å². The molecule has 132 valence electrons. The van der Waals surface area contributed by atoms with Gasteiger partial charge in [-0.1, -0.05) is 22.0 Å². The van der Waals surface area contributed by atoms with Crippen LogP contribution in [-0.4, -0.2) is 30.3 Å². The van der Waals surface area contributed by atoms with E-state index in [4.69, 9.17) is 17.0 Å². The molecule has 0 aliphatic carbocycles. The molecule has 1 atom stereocenters. The van der Waals surface area contributed by atoms with Crippen LogP contribution in [0, 0.1) is 5.92 Å². The smallest absolute Gasteiger partial charge is 0.251 e. The SMILES string of the molecule is COc1cccc(N=C[C@@H]2C(=O)NC(=S)N(c3ccc(Br)cc3)C2=O)c1. The molecule has 1 N–H and O–H groups in total. The lowest BCUT2D eigenvalue weighted by Gasteiger charge is -2.30. The van der Waals surface area contributed by atoms with Gasteiger partial charge in [-0.15, -0.1) is 0 Å². The van der Waals surface area contributed by atoms with Gasteiger partial charge in [0.1, 0.15) is 5.75 Å². The number of ether oxygens (including phenoxy) is 1. The van der Waals surface area contributed by atoms with Crippen LogP contribution in [-0.2, 0) is 9.59 Å². The minimum absolute atomic E-state index is 0.0494. The fourth-order valence-corrected chi connectivity index (χ4v) is 2.97. The van der Waals surface area contributed by atoms with Gasteiger partial charge in [-0.25, -0.2) is 0 Å². The first-order chi connectivity index (χ1) is 12.5. The summed E-state index contributed by atoms with van der Waals surface area (Å²) in [6.45, 7) is 0. The topological polar surface area (TPSA) is 71.0 Å². The van der Waals surface area contributed by atoms with Crippen molar-refractivity contribution in [3.63, 3.8) is 0 Å². The predicted octanol–water partition coefficient (Wildman–Crippen LogP) is 3.22. The molecule has 8 heteroatoms. The van der Waals surface area contributed by atoms with Gasteiger partial charge in [-0.3, -0.25) is 19.5 Å². The highest BCUT2D eigenvalue weighted by atomic mass is 79.9. The Morgan fingerprint density at radius 2 is 1.96 bits per heavy atom. The summed E-state index contributed by atoms with van der Waals surface area (Å²) < 4.78 is 6.01. The van der Waals surface area contributed by atoms with Crippen LogP contribution in [0.2, 0.25) is 0 Å². The fraction of sp³-hybridized carbons (Fsp3) is 0.111. The van der Waals surface area contributed by atoms with E-state index in [-0.39, 0.29) is 5.11 Å². The number of nitrogens with one attached hydrogen (secondary N) is 1. The average molecular weight is 432 g/mol. The lowest BCUT2D eigenvalue weighted by atomic mass is 10.1. The molecule has 1 aliphatic heterocycles. The van der Waals surface area contributed by atoms with Crippen molar-refractivity contribution >= 4 is 62.7 Å². The highest BCUT2D eigenvalue weighted by molar-refractivity contribution is 9.10. The van der Waals surface area contributed by atoms with Gasteiger partial charge in [-0.2, -0.15) is 0 Å². The van der Waals surface area contributed by atoms with Gasteiger partial charge >= 0.3 is 0 Å². The molecule has 0 bridgehead atoms. The number of benzene rings is 2. The summed E-state index contributed by atoms with van der Waals surface area (Å²) >= 11 is 8.51. The van der Waals surface area contributed by atoms with E-state index in [1.165, 1.54) is 11.1 Å². The number of aliphatic imine (C=N–C) groups is 1. The van der Waals surface area contributed by atoms with Crippen LogP contribution in [0.15, 0.2) is 58.0 Å². The van der Waals surface area contributed by atoms with Crippen LogP contribution in [0.1, 0.15) is 0 Å². The number of anilines is 1. The lowest BCUT2D eigenvalue weighted by molar-refractivity contribution is -0.130. The predicted molar refractivity (Wildman–Crippen MR) is 107 cm³/mol. The Morgan fingerprint density at radius 3 is 2.65 bits per heavy atom. The second-order valence-corrected chi connectivity index (χ2v) is 6.70. The Hall–Kier alpha value is -2.58. The third-order valence-electron chi connectivity index (χ3n) is 3.71. The van der Waals surface area contributed by atoms with E-state index in [0.717, 1.165) is 4.47 Å². The Labute approximate surface area is 164 Å². The summed E-state index contributed by atoms with van der Waals surface area (Å²) in [5.74, 6) is -1.39. The molecular formula is C18H14BrN3O3S. The number of halogens is 1. The molecule has 2 aromatic carbocycles. The first-order valence-electron chi connectivity index (χ1n) is 7.62. The summed E-state index contributed by atoms with van der Waals surface area (Å²) in [6, 6.07) is 14.1. The van der Waals surface area contributed by atoms with E-state index >= 15 is 0 Å². The highest BCUT2D eigenvalue weighted by Crippen LogP contribution is 2.24. The molecule has 0 aromatic heterocycles. The number of thiocarbonyl (C=S) groups is 1. The number of methoxy groups -OCH3 is 1. The lowest BCUT2D eigenvalue weighted by Crippen LogP contribution is -2.58. The maximum Gasteiger partial charge on any atom is 0.251 e. The van der Waals surface area contributed by atoms with Gasteiger partial charge in [0.25, 0.3) is 5.91 Å². The molecule has 6 nitrogen and oxygen atoms in total. The third-order valence-corrected chi connectivity index (χ3v) is 4.53. The van der Waals surface area contributed by atoms with Crippen molar-refractivity contribution in [1.29, 1.82) is 0 Å². The number of carbonyl (C=O) groups excluding carboxylic acids is 2. The summed E-state index contributed by atoms with van der Waals surface area (Å²) in [7, 11) is 1.55. The molecule has 26 heavy (non-hydrogen) atoms. The third kappa shape index (κ3) is 3.81. The van der Waals surface area contributed by atoms with Crippen molar-refractivity contribution in [1.82, 2.24) is 5.32 Å². The number of hydrogen-bond donors (Lipinski definition) is 1. The zero-order chi connectivity index (χ0) is 18.7. The second kappa shape index (κ2) is 7.76. The van der Waals surface area contributed by atoms with Gasteiger partial charge < -0.3 is 10.1 Å². The maximum absolute atomic E-state index is 12.8. The minimum Gasteiger partial charge on any atom is -0.497 e. The first kappa shape index (κ1) is 18.2. The van der Waals surface area contributed by atoms with Crippen LogP contribution in [0.3, 0.4) is 0 Å². The van der Waals surface area contributed by atoms with Crippen LogP contribution in [0.25, 0.3) is 0 Å². The van der Waals surface area contributed by atoms with Crippen molar-refractivity contribution in [2.75, 3.05) is 12.0 Å². The molecule has 1 heterocycles. The first-order valence-corrected chi connectivity index (χ1v) is 8.82. The zero-order valence-corrected chi connectivity index (χ0v) is 16.1. The van der Waals surface area contributed by atoms with E-state index in [1.54, 1.807) is 55.6 Å². The Kier molecular flexibility index (Phi) is 5.43. The number of hydrogen-bond acceptors (Lipinski definition) is 5. The Bertz CT molecular complexity index is 899. The summed E-state index contributed by atoms with van der Waals surface area (Å²) in [4.78, 5) is 30.6.